The number of rotatable bonds is 4. The second-order valence-corrected chi connectivity index (χ2v) is 9.76. The molecule has 2 heterocycles. The number of nitrogens with zero attached hydrogens (tertiary/aromatic N) is 3. The summed E-state index contributed by atoms with van der Waals surface area (Å²) in [5, 5.41) is 8.88. The molecule has 34 heavy (non-hydrogen) atoms. The number of alkyl halides is 3. The Hall–Kier alpha value is -2.92. The third-order valence-electron chi connectivity index (χ3n) is 4.44. The molecule has 0 aliphatic carbocycles. The number of carbonyl (C=O) groups is 2. The number of hydrogen-bond donors (Lipinski definition) is 2. The lowest BCUT2D eigenvalue weighted by Gasteiger charge is -2.22. The molecule has 0 bridgehead atoms. The topological polar surface area (TPSA) is 88.9 Å². The van der Waals surface area contributed by atoms with E-state index in [1.165, 1.54) is 24.4 Å². The second-order valence-electron chi connectivity index (χ2n) is 8.44. The standard InChI is InChI=1S/C22H20BrClF3N5O2/c1-11-8-12(23)9-13(19(33)30-21(2,3)4)17(11)29-20(34)15-10-16(22(25,26)27)31-32(15)18-14(24)6-5-7-28-18/h5-10H,1-4H3,(H,29,34)(H,30,33). The Kier molecular flexibility index (Phi) is 7.09. The highest BCUT2D eigenvalue weighted by Gasteiger charge is 2.37. The van der Waals surface area contributed by atoms with Crippen molar-refractivity contribution in [3.63, 3.8) is 0 Å². The Labute approximate surface area is 206 Å². The third-order valence-corrected chi connectivity index (χ3v) is 5.20. The number of halogens is 5. The van der Waals surface area contributed by atoms with E-state index >= 15 is 0 Å². The van der Waals surface area contributed by atoms with Crippen molar-refractivity contribution in [2.24, 2.45) is 0 Å². The van der Waals surface area contributed by atoms with E-state index in [4.69, 9.17) is 11.6 Å². The first kappa shape index (κ1) is 25.7. The van der Waals surface area contributed by atoms with Crippen LogP contribution < -0.4 is 10.6 Å². The summed E-state index contributed by atoms with van der Waals surface area (Å²) in [5.74, 6) is -1.55. The van der Waals surface area contributed by atoms with Crippen LogP contribution in [0.4, 0.5) is 18.9 Å². The van der Waals surface area contributed by atoms with Gasteiger partial charge in [-0.05, 0) is 57.5 Å². The molecule has 0 aliphatic heterocycles. The number of pyridine rings is 1. The first-order chi connectivity index (χ1) is 15.7. The molecule has 0 unspecified atom stereocenters. The molecule has 7 nitrogen and oxygen atoms in total. The zero-order chi connectivity index (χ0) is 25.4. The molecular weight excluding hydrogens is 539 g/mol. The van der Waals surface area contributed by atoms with Crippen LogP contribution in [-0.4, -0.2) is 32.1 Å². The van der Waals surface area contributed by atoms with Crippen molar-refractivity contribution in [3.8, 4) is 5.82 Å². The molecule has 3 aromatic rings. The Morgan fingerprint density at radius 1 is 1.12 bits per heavy atom. The Morgan fingerprint density at radius 2 is 1.79 bits per heavy atom. The van der Waals surface area contributed by atoms with E-state index in [1.54, 1.807) is 33.8 Å². The zero-order valence-corrected chi connectivity index (χ0v) is 20.9. The average molecular weight is 559 g/mol. The van der Waals surface area contributed by atoms with Gasteiger partial charge in [0.25, 0.3) is 11.8 Å². The Morgan fingerprint density at radius 3 is 2.38 bits per heavy atom. The van der Waals surface area contributed by atoms with Gasteiger partial charge in [0.15, 0.2) is 11.5 Å². The minimum Gasteiger partial charge on any atom is -0.347 e. The van der Waals surface area contributed by atoms with Crippen LogP contribution in [0.15, 0.2) is 41.0 Å². The van der Waals surface area contributed by atoms with Crippen LogP contribution in [0.2, 0.25) is 5.02 Å². The fraction of sp³-hybridized carbons (Fsp3) is 0.273. The number of benzene rings is 1. The number of aryl methyl sites for hydroxylation is 1. The fourth-order valence-corrected chi connectivity index (χ4v) is 3.82. The monoisotopic (exact) mass is 557 g/mol. The third kappa shape index (κ3) is 5.76. The number of carbonyl (C=O) groups excluding carboxylic acids is 2. The number of hydrogen-bond acceptors (Lipinski definition) is 4. The average Bonchev–Trinajstić information content (AvgIpc) is 3.14. The van der Waals surface area contributed by atoms with E-state index in [0.717, 1.165) is 4.68 Å². The maximum Gasteiger partial charge on any atom is 0.435 e. The molecule has 2 amide bonds. The molecule has 180 valence electrons. The molecule has 0 aliphatic rings. The van der Waals surface area contributed by atoms with Gasteiger partial charge in [0.05, 0.1) is 16.3 Å². The van der Waals surface area contributed by atoms with Gasteiger partial charge in [-0.25, -0.2) is 9.67 Å². The van der Waals surface area contributed by atoms with E-state index in [1.807, 2.05) is 0 Å². The van der Waals surface area contributed by atoms with Gasteiger partial charge in [-0.15, -0.1) is 0 Å². The van der Waals surface area contributed by atoms with E-state index in [0.29, 0.717) is 16.1 Å². The van der Waals surface area contributed by atoms with Crippen molar-refractivity contribution >= 4 is 45.0 Å². The highest BCUT2D eigenvalue weighted by Crippen LogP contribution is 2.32. The molecule has 0 atom stereocenters. The summed E-state index contributed by atoms with van der Waals surface area (Å²) in [6.07, 6.45) is -3.50. The number of aromatic nitrogens is 3. The van der Waals surface area contributed by atoms with Crippen LogP contribution in [0.1, 0.15) is 52.9 Å². The molecule has 0 saturated heterocycles. The highest BCUT2D eigenvalue weighted by molar-refractivity contribution is 9.10. The van der Waals surface area contributed by atoms with Gasteiger partial charge in [-0.1, -0.05) is 27.5 Å². The van der Waals surface area contributed by atoms with Crippen molar-refractivity contribution < 1.29 is 22.8 Å². The van der Waals surface area contributed by atoms with E-state index in [9.17, 15) is 22.8 Å². The first-order valence-corrected chi connectivity index (χ1v) is 11.1. The molecule has 0 fully saturated rings. The van der Waals surface area contributed by atoms with Crippen LogP contribution in [0, 0.1) is 6.92 Å². The summed E-state index contributed by atoms with van der Waals surface area (Å²) in [5.41, 5.74) is -1.53. The lowest BCUT2D eigenvalue weighted by molar-refractivity contribution is -0.141. The molecule has 0 spiro atoms. The Bertz CT molecular complexity index is 1270. The summed E-state index contributed by atoms with van der Waals surface area (Å²) in [4.78, 5) is 30.1. The van der Waals surface area contributed by atoms with Crippen LogP contribution in [0.5, 0.6) is 0 Å². The van der Waals surface area contributed by atoms with Crippen LogP contribution in [0.25, 0.3) is 5.82 Å². The maximum atomic E-state index is 13.4. The maximum absolute atomic E-state index is 13.4. The second kappa shape index (κ2) is 9.38. The fourth-order valence-electron chi connectivity index (χ4n) is 3.05. The summed E-state index contributed by atoms with van der Waals surface area (Å²) < 4.78 is 41.5. The SMILES string of the molecule is Cc1cc(Br)cc(C(=O)NC(C)(C)C)c1NC(=O)c1cc(C(F)(F)F)nn1-c1ncccc1Cl. The number of amides is 2. The van der Waals surface area contributed by atoms with Gasteiger partial charge < -0.3 is 10.6 Å². The minimum atomic E-state index is -4.81. The predicted octanol–water partition coefficient (Wildman–Crippen LogP) is 5.79. The van der Waals surface area contributed by atoms with E-state index in [-0.39, 0.29) is 22.1 Å². The Balaban J connectivity index is 2.10. The van der Waals surface area contributed by atoms with Gasteiger partial charge in [0.1, 0.15) is 5.69 Å². The number of nitrogens with one attached hydrogen (secondary N) is 2. The normalized spacial score (nSPS) is 11.9. The van der Waals surface area contributed by atoms with Crippen LogP contribution in [-0.2, 0) is 6.18 Å². The summed E-state index contributed by atoms with van der Waals surface area (Å²) in [6, 6.07) is 6.68. The molecule has 1 aromatic carbocycles. The van der Waals surface area contributed by atoms with Crippen molar-refractivity contribution in [2.75, 3.05) is 5.32 Å². The predicted molar refractivity (Wildman–Crippen MR) is 125 cm³/mol. The largest absolute Gasteiger partial charge is 0.435 e. The summed E-state index contributed by atoms with van der Waals surface area (Å²) >= 11 is 9.42. The zero-order valence-electron chi connectivity index (χ0n) is 18.5. The lowest BCUT2D eigenvalue weighted by atomic mass is 10.0. The number of anilines is 1. The van der Waals surface area contributed by atoms with Gasteiger partial charge >= 0.3 is 6.18 Å². The van der Waals surface area contributed by atoms with Crippen LogP contribution >= 0.6 is 27.5 Å². The van der Waals surface area contributed by atoms with Crippen LogP contribution in [0.3, 0.4) is 0 Å². The van der Waals surface area contributed by atoms with Gasteiger partial charge in [-0.2, -0.15) is 18.3 Å². The summed E-state index contributed by atoms with van der Waals surface area (Å²) in [6.45, 7) is 7.04. The smallest absolute Gasteiger partial charge is 0.347 e. The highest BCUT2D eigenvalue weighted by atomic mass is 79.9. The van der Waals surface area contributed by atoms with E-state index < -0.39 is 34.9 Å². The van der Waals surface area contributed by atoms with Crippen molar-refractivity contribution in [2.45, 2.75) is 39.4 Å². The molecule has 12 heteroatoms. The van der Waals surface area contributed by atoms with Crippen molar-refractivity contribution in [3.05, 3.63) is 68.5 Å². The molecule has 0 saturated carbocycles. The molecule has 2 aromatic heterocycles. The quantitative estimate of drug-likeness (QED) is 0.424. The molecule has 0 radical (unpaired) electrons. The lowest BCUT2D eigenvalue weighted by Crippen LogP contribution is -2.41. The first-order valence-electron chi connectivity index (χ1n) is 9.89. The van der Waals surface area contributed by atoms with E-state index in [2.05, 4.69) is 36.6 Å². The molecule has 3 rings (SSSR count). The van der Waals surface area contributed by atoms with Gasteiger partial charge in [0.2, 0.25) is 0 Å². The molecule has 2 N–H and O–H groups in total. The van der Waals surface area contributed by atoms with Gasteiger partial charge in [0, 0.05) is 22.3 Å². The van der Waals surface area contributed by atoms with Gasteiger partial charge in [-0.3, -0.25) is 9.59 Å². The molecular formula is C22H20BrClF3N5O2. The summed E-state index contributed by atoms with van der Waals surface area (Å²) in [7, 11) is 0. The van der Waals surface area contributed by atoms with Crippen molar-refractivity contribution in [1.29, 1.82) is 0 Å². The van der Waals surface area contributed by atoms with Crippen molar-refractivity contribution in [1.82, 2.24) is 20.1 Å². The minimum absolute atomic E-state index is 0.00144.